The molecule has 1 heterocycles. The van der Waals surface area contributed by atoms with Crippen LogP contribution in [0.15, 0.2) is 52.2 Å². The molecule has 10 heteroatoms. The Kier molecular flexibility index (Phi) is 8.26. The first-order valence-corrected chi connectivity index (χ1v) is 11.8. The molecule has 0 aliphatic carbocycles. The first kappa shape index (κ1) is 23.8. The van der Waals surface area contributed by atoms with Gasteiger partial charge in [0.25, 0.3) is 0 Å². The summed E-state index contributed by atoms with van der Waals surface area (Å²) in [5.41, 5.74) is 3.32. The van der Waals surface area contributed by atoms with Gasteiger partial charge in [0.15, 0.2) is 4.34 Å². The number of amides is 3. The van der Waals surface area contributed by atoms with Gasteiger partial charge in [0.2, 0.25) is 17.7 Å². The number of halogens is 1. The zero-order valence-electron chi connectivity index (χ0n) is 17.4. The molecule has 3 rings (SSSR count). The molecule has 0 aliphatic rings. The normalized spacial score (nSPS) is 10.5. The number of hydrogen-bond acceptors (Lipinski definition) is 6. The van der Waals surface area contributed by atoms with E-state index in [0.717, 1.165) is 5.56 Å². The zero-order valence-corrected chi connectivity index (χ0v) is 19.8. The lowest BCUT2D eigenvalue weighted by molar-refractivity contribution is -0.116. The van der Waals surface area contributed by atoms with Gasteiger partial charge in [-0.15, -0.1) is 11.3 Å². The van der Waals surface area contributed by atoms with E-state index < -0.39 is 0 Å². The number of carbonyl (C=O) groups excluding carboxylic acids is 3. The van der Waals surface area contributed by atoms with Gasteiger partial charge in [-0.1, -0.05) is 35.5 Å². The van der Waals surface area contributed by atoms with Gasteiger partial charge in [0.1, 0.15) is 0 Å². The van der Waals surface area contributed by atoms with Crippen molar-refractivity contribution in [2.24, 2.45) is 0 Å². The Hall–Kier alpha value is -2.88. The average molecular weight is 489 g/mol. The van der Waals surface area contributed by atoms with Gasteiger partial charge < -0.3 is 16.0 Å². The molecular weight excluding hydrogens is 468 g/mol. The summed E-state index contributed by atoms with van der Waals surface area (Å²) in [7, 11) is 0. The second-order valence-electron chi connectivity index (χ2n) is 6.84. The van der Waals surface area contributed by atoms with E-state index in [0.29, 0.717) is 32.1 Å². The number of thioether (sulfide) groups is 1. The Labute approximate surface area is 199 Å². The van der Waals surface area contributed by atoms with E-state index in [-0.39, 0.29) is 29.9 Å². The van der Waals surface area contributed by atoms with Crippen molar-refractivity contribution in [1.29, 1.82) is 0 Å². The van der Waals surface area contributed by atoms with Crippen molar-refractivity contribution in [1.82, 2.24) is 4.98 Å². The number of aromatic nitrogens is 1. The van der Waals surface area contributed by atoms with Crippen LogP contribution in [0.4, 0.5) is 17.1 Å². The highest BCUT2D eigenvalue weighted by Crippen LogP contribution is 2.25. The molecule has 0 saturated carbocycles. The number of hydrogen-bond donors (Lipinski definition) is 3. The minimum absolute atomic E-state index is 0.130. The third-order valence-corrected chi connectivity index (χ3v) is 6.69. The van der Waals surface area contributed by atoms with Crippen LogP contribution >= 0.6 is 34.7 Å². The van der Waals surface area contributed by atoms with E-state index >= 15 is 0 Å². The number of benzene rings is 2. The van der Waals surface area contributed by atoms with Crippen molar-refractivity contribution in [3.8, 4) is 0 Å². The molecule has 0 unspecified atom stereocenters. The summed E-state index contributed by atoms with van der Waals surface area (Å²) in [5, 5.41) is 10.7. The quantitative estimate of drug-likeness (QED) is 0.388. The predicted octanol–water partition coefficient (Wildman–Crippen LogP) is 4.98. The van der Waals surface area contributed by atoms with Crippen LogP contribution in [0.1, 0.15) is 18.2 Å². The predicted molar refractivity (Wildman–Crippen MR) is 131 cm³/mol. The second kappa shape index (κ2) is 11.1. The molecular formula is C22H21ClN4O3S2. The van der Waals surface area contributed by atoms with Gasteiger partial charge in [-0.3, -0.25) is 14.4 Å². The molecule has 3 N–H and O–H groups in total. The highest BCUT2D eigenvalue weighted by Gasteiger charge is 2.12. The summed E-state index contributed by atoms with van der Waals surface area (Å²) in [6.07, 6.45) is 0.130. The van der Waals surface area contributed by atoms with E-state index in [1.807, 2.05) is 12.3 Å². The lowest BCUT2D eigenvalue weighted by atomic mass is 10.2. The van der Waals surface area contributed by atoms with E-state index in [9.17, 15) is 14.4 Å². The van der Waals surface area contributed by atoms with Crippen LogP contribution < -0.4 is 16.0 Å². The van der Waals surface area contributed by atoms with Crippen LogP contribution in [0.2, 0.25) is 5.02 Å². The lowest BCUT2D eigenvalue weighted by Gasteiger charge is -2.08. The number of carbonyl (C=O) groups is 3. The SMILES string of the molecule is CC(=O)Nc1cccc(NC(=O)CSc2nc(CC(=O)Nc3cccc(Cl)c3C)cs2)c1. The summed E-state index contributed by atoms with van der Waals surface area (Å²) >= 11 is 8.77. The molecule has 7 nitrogen and oxygen atoms in total. The highest BCUT2D eigenvalue weighted by molar-refractivity contribution is 8.01. The summed E-state index contributed by atoms with van der Waals surface area (Å²) in [6.45, 7) is 3.27. The molecule has 0 radical (unpaired) electrons. The second-order valence-corrected chi connectivity index (χ2v) is 9.33. The Balaban J connectivity index is 1.48. The fourth-order valence-corrected chi connectivity index (χ4v) is 4.56. The number of nitrogens with one attached hydrogen (secondary N) is 3. The molecule has 0 atom stereocenters. The van der Waals surface area contributed by atoms with Gasteiger partial charge in [0, 0.05) is 34.4 Å². The molecule has 3 aromatic rings. The maximum atomic E-state index is 12.3. The monoisotopic (exact) mass is 488 g/mol. The van der Waals surface area contributed by atoms with Crippen molar-refractivity contribution in [2.45, 2.75) is 24.6 Å². The molecule has 0 fully saturated rings. The summed E-state index contributed by atoms with van der Waals surface area (Å²) in [6, 6.07) is 12.3. The Morgan fingerprint density at radius 2 is 1.75 bits per heavy atom. The standard InChI is InChI=1S/C22H21ClN4O3S2/c1-13-18(23)7-4-8-19(13)27-20(29)10-17-11-31-22(26-17)32-12-21(30)25-16-6-3-5-15(9-16)24-14(2)28/h3-9,11H,10,12H2,1-2H3,(H,24,28)(H,25,30)(H,27,29). The molecule has 0 spiro atoms. The number of thiazole rings is 1. The number of rotatable bonds is 8. The smallest absolute Gasteiger partial charge is 0.234 e. The van der Waals surface area contributed by atoms with Gasteiger partial charge in [-0.25, -0.2) is 4.98 Å². The summed E-state index contributed by atoms with van der Waals surface area (Å²) in [5.74, 6) is -0.388. The molecule has 0 aliphatic heterocycles. The lowest BCUT2D eigenvalue weighted by Crippen LogP contribution is -2.15. The molecule has 3 amide bonds. The fourth-order valence-electron chi connectivity index (χ4n) is 2.74. The average Bonchev–Trinajstić information content (AvgIpc) is 3.17. The minimum Gasteiger partial charge on any atom is -0.326 e. The minimum atomic E-state index is -0.194. The molecule has 32 heavy (non-hydrogen) atoms. The Morgan fingerprint density at radius 1 is 1.03 bits per heavy atom. The first-order chi connectivity index (χ1) is 15.3. The van der Waals surface area contributed by atoms with E-state index in [1.54, 1.807) is 42.5 Å². The Bertz CT molecular complexity index is 1150. The molecule has 166 valence electrons. The molecule has 2 aromatic carbocycles. The van der Waals surface area contributed by atoms with Crippen molar-refractivity contribution < 1.29 is 14.4 Å². The van der Waals surface area contributed by atoms with Gasteiger partial charge >= 0.3 is 0 Å². The van der Waals surface area contributed by atoms with Crippen molar-refractivity contribution >= 4 is 69.5 Å². The molecule has 0 bridgehead atoms. The van der Waals surface area contributed by atoms with Crippen molar-refractivity contribution in [3.05, 3.63) is 64.1 Å². The Morgan fingerprint density at radius 3 is 2.50 bits per heavy atom. The van der Waals surface area contributed by atoms with E-state index in [2.05, 4.69) is 20.9 Å². The van der Waals surface area contributed by atoms with Crippen LogP contribution in [0.25, 0.3) is 0 Å². The van der Waals surface area contributed by atoms with Crippen molar-refractivity contribution in [3.63, 3.8) is 0 Å². The van der Waals surface area contributed by atoms with Crippen LogP contribution in [-0.2, 0) is 20.8 Å². The molecule has 1 aromatic heterocycles. The largest absolute Gasteiger partial charge is 0.326 e. The topological polar surface area (TPSA) is 100 Å². The van der Waals surface area contributed by atoms with Crippen LogP contribution in [0, 0.1) is 6.92 Å². The van der Waals surface area contributed by atoms with Crippen molar-refractivity contribution in [2.75, 3.05) is 21.7 Å². The maximum Gasteiger partial charge on any atom is 0.234 e. The van der Waals surface area contributed by atoms with Crippen LogP contribution in [-0.4, -0.2) is 28.5 Å². The van der Waals surface area contributed by atoms with E-state index in [4.69, 9.17) is 11.6 Å². The maximum absolute atomic E-state index is 12.3. The summed E-state index contributed by atoms with van der Waals surface area (Å²) in [4.78, 5) is 40.2. The van der Waals surface area contributed by atoms with E-state index in [1.165, 1.54) is 30.0 Å². The summed E-state index contributed by atoms with van der Waals surface area (Å²) < 4.78 is 0.703. The van der Waals surface area contributed by atoms with Crippen LogP contribution in [0.5, 0.6) is 0 Å². The third-order valence-electron chi connectivity index (χ3n) is 4.21. The van der Waals surface area contributed by atoms with Crippen LogP contribution in [0.3, 0.4) is 0 Å². The number of anilines is 3. The first-order valence-electron chi connectivity index (χ1n) is 9.60. The van der Waals surface area contributed by atoms with Gasteiger partial charge in [-0.05, 0) is 42.8 Å². The fraction of sp³-hybridized carbons (Fsp3) is 0.182. The van der Waals surface area contributed by atoms with Gasteiger partial charge in [0.05, 0.1) is 17.9 Å². The molecule has 0 saturated heterocycles. The highest BCUT2D eigenvalue weighted by atomic mass is 35.5. The zero-order chi connectivity index (χ0) is 23.1. The number of nitrogens with zero attached hydrogens (tertiary/aromatic N) is 1. The van der Waals surface area contributed by atoms with Gasteiger partial charge in [-0.2, -0.15) is 0 Å². The third kappa shape index (κ3) is 7.08.